The Morgan fingerprint density at radius 1 is 1.14 bits per heavy atom. The number of nitrogens with zero attached hydrogens (tertiary/aromatic N) is 2. The molecular formula is C14H16FN3O3. The highest BCUT2D eigenvalue weighted by Gasteiger charge is 2.32. The van der Waals surface area contributed by atoms with Gasteiger partial charge in [0.15, 0.2) is 5.82 Å². The lowest BCUT2D eigenvalue weighted by molar-refractivity contribution is 0.0910. The Labute approximate surface area is 121 Å². The van der Waals surface area contributed by atoms with E-state index in [-0.39, 0.29) is 23.3 Å². The van der Waals surface area contributed by atoms with Gasteiger partial charge in [-0.05, 0) is 19.1 Å². The van der Waals surface area contributed by atoms with Crippen LogP contribution in [0.3, 0.4) is 0 Å². The van der Waals surface area contributed by atoms with Gasteiger partial charge >= 0.3 is 0 Å². The zero-order valence-corrected chi connectivity index (χ0v) is 11.9. The summed E-state index contributed by atoms with van der Waals surface area (Å²) in [6.07, 6.45) is 0. The molecule has 21 heavy (non-hydrogen) atoms. The van der Waals surface area contributed by atoms with Gasteiger partial charge in [-0.1, -0.05) is 6.07 Å². The average molecular weight is 293 g/mol. The molecule has 0 aliphatic carbocycles. The molecule has 112 valence electrons. The number of halogens is 1. The van der Waals surface area contributed by atoms with Crippen LogP contribution in [0.4, 0.5) is 10.1 Å². The molecule has 0 aliphatic heterocycles. The van der Waals surface area contributed by atoms with Crippen LogP contribution in [0.25, 0.3) is 0 Å². The standard InChI is InChI=1S/C14H16FN3O3/c1-14(19,9-5-4-8(15)6-10(9)16)13-17-11(20-2)7-12(18-13)21-3/h4-7,19H,16H2,1-3H3. The lowest BCUT2D eigenvalue weighted by atomic mass is 9.93. The number of anilines is 1. The summed E-state index contributed by atoms with van der Waals surface area (Å²) in [6.45, 7) is 1.46. The quantitative estimate of drug-likeness (QED) is 0.830. The fourth-order valence-corrected chi connectivity index (χ4v) is 1.93. The first-order valence-electron chi connectivity index (χ1n) is 6.14. The lowest BCUT2D eigenvalue weighted by Gasteiger charge is -2.24. The molecule has 1 aromatic carbocycles. The summed E-state index contributed by atoms with van der Waals surface area (Å²) < 4.78 is 23.2. The van der Waals surface area contributed by atoms with Gasteiger partial charge in [-0.25, -0.2) is 4.39 Å². The monoisotopic (exact) mass is 293 g/mol. The van der Waals surface area contributed by atoms with E-state index >= 15 is 0 Å². The van der Waals surface area contributed by atoms with Crippen molar-refractivity contribution in [3.63, 3.8) is 0 Å². The summed E-state index contributed by atoms with van der Waals surface area (Å²) in [5.41, 5.74) is 4.54. The van der Waals surface area contributed by atoms with Crippen molar-refractivity contribution >= 4 is 5.69 Å². The normalized spacial score (nSPS) is 13.6. The van der Waals surface area contributed by atoms with E-state index < -0.39 is 11.4 Å². The minimum atomic E-state index is -1.63. The summed E-state index contributed by atoms with van der Waals surface area (Å²) in [6, 6.07) is 5.20. The van der Waals surface area contributed by atoms with Crippen LogP contribution in [0.1, 0.15) is 18.3 Å². The van der Waals surface area contributed by atoms with Crippen LogP contribution < -0.4 is 15.2 Å². The van der Waals surface area contributed by atoms with Crippen molar-refractivity contribution in [2.45, 2.75) is 12.5 Å². The van der Waals surface area contributed by atoms with Crippen molar-refractivity contribution < 1.29 is 19.0 Å². The average Bonchev–Trinajstić information content (AvgIpc) is 2.46. The maximum absolute atomic E-state index is 13.1. The molecule has 1 aromatic heterocycles. The Kier molecular flexibility index (Phi) is 3.95. The van der Waals surface area contributed by atoms with Crippen LogP contribution in [-0.2, 0) is 5.60 Å². The van der Waals surface area contributed by atoms with Crippen LogP contribution >= 0.6 is 0 Å². The second-order valence-corrected chi connectivity index (χ2v) is 4.58. The maximum atomic E-state index is 13.1. The highest BCUT2D eigenvalue weighted by Crippen LogP contribution is 2.33. The summed E-state index contributed by atoms with van der Waals surface area (Å²) >= 11 is 0. The highest BCUT2D eigenvalue weighted by molar-refractivity contribution is 5.52. The minimum Gasteiger partial charge on any atom is -0.481 e. The summed E-state index contributed by atoms with van der Waals surface area (Å²) in [7, 11) is 2.87. The number of nitrogens with two attached hydrogens (primary N) is 1. The Morgan fingerprint density at radius 2 is 1.71 bits per heavy atom. The first-order chi connectivity index (χ1) is 9.88. The van der Waals surface area contributed by atoms with E-state index in [1.165, 1.54) is 39.3 Å². The van der Waals surface area contributed by atoms with Gasteiger partial charge < -0.3 is 20.3 Å². The molecule has 0 radical (unpaired) electrons. The predicted molar refractivity (Wildman–Crippen MR) is 74.6 cm³/mol. The second-order valence-electron chi connectivity index (χ2n) is 4.58. The van der Waals surface area contributed by atoms with Gasteiger partial charge in [-0.15, -0.1) is 0 Å². The molecule has 1 atom stereocenters. The molecule has 0 fully saturated rings. The molecule has 0 amide bonds. The van der Waals surface area contributed by atoms with E-state index in [0.29, 0.717) is 5.56 Å². The third-order valence-electron chi connectivity index (χ3n) is 3.07. The number of ether oxygens (including phenoxy) is 2. The third kappa shape index (κ3) is 2.87. The number of hydrogen-bond acceptors (Lipinski definition) is 6. The summed E-state index contributed by atoms with van der Waals surface area (Å²) in [4.78, 5) is 8.20. The number of hydrogen-bond donors (Lipinski definition) is 2. The molecule has 1 heterocycles. The van der Waals surface area contributed by atoms with Gasteiger partial charge in [0.2, 0.25) is 11.8 Å². The lowest BCUT2D eigenvalue weighted by Crippen LogP contribution is -2.27. The van der Waals surface area contributed by atoms with Crippen LogP contribution in [-0.4, -0.2) is 29.3 Å². The van der Waals surface area contributed by atoms with E-state index in [2.05, 4.69) is 9.97 Å². The number of aromatic nitrogens is 2. The molecule has 2 rings (SSSR count). The Bertz CT molecular complexity index is 640. The maximum Gasteiger partial charge on any atom is 0.220 e. The number of methoxy groups -OCH3 is 2. The number of nitrogen functional groups attached to an aromatic ring is 1. The molecule has 0 aliphatic rings. The first-order valence-corrected chi connectivity index (χ1v) is 6.14. The van der Waals surface area contributed by atoms with E-state index in [0.717, 1.165) is 6.07 Å². The third-order valence-corrected chi connectivity index (χ3v) is 3.07. The summed E-state index contributed by atoms with van der Waals surface area (Å²) in [5.74, 6) is 0.0174. The Balaban J connectivity index is 2.57. The van der Waals surface area contributed by atoms with E-state index in [9.17, 15) is 9.50 Å². The van der Waals surface area contributed by atoms with Gasteiger partial charge in [0.25, 0.3) is 0 Å². The zero-order valence-electron chi connectivity index (χ0n) is 11.9. The van der Waals surface area contributed by atoms with Crippen LogP contribution in [0.2, 0.25) is 0 Å². The molecule has 0 bridgehead atoms. The molecule has 0 saturated carbocycles. The first kappa shape index (κ1) is 15.0. The number of aliphatic hydroxyl groups is 1. The largest absolute Gasteiger partial charge is 0.481 e. The topological polar surface area (TPSA) is 90.5 Å². The van der Waals surface area contributed by atoms with Crippen molar-refractivity contribution in [3.05, 3.63) is 41.5 Å². The van der Waals surface area contributed by atoms with Crippen molar-refractivity contribution in [1.82, 2.24) is 9.97 Å². The van der Waals surface area contributed by atoms with Gasteiger partial charge in [0.05, 0.1) is 20.3 Å². The van der Waals surface area contributed by atoms with Crippen molar-refractivity contribution in [3.8, 4) is 11.8 Å². The molecule has 6 nitrogen and oxygen atoms in total. The minimum absolute atomic E-state index is 0.0389. The van der Waals surface area contributed by atoms with Crippen molar-refractivity contribution in [2.75, 3.05) is 20.0 Å². The van der Waals surface area contributed by atoms with Gasteiger partial charge in [0, 0.05) is 11.3 Å². The molecule has 1 unspecified atom stereocenters. The number of rotatable bonds is 4. The molecule has 2 aromatic rings. The van der Waals surface area contributed by atoms with Gasteiger partial charge in [0.1, 0.15) is 11.4 Å². The Morgan fingerprint density at radius 3 is 2.19 bits per heavy atom. The summed E-state index contributed by atoms with van der Waals surface area (Å²) in [5, 5.41) is 10.7. The van der Waals surface area contributed by atoms with Crippen LogP contribution in [0.15, 0.2) is 24.3 Å². The van der Waals surface area contributed by atoms with E-state index in [4.69, 9.17) is 15.2 Å². The fourth-order valence-electron chi connectivity index (χ4n) is 1.93. The second kappa shape index (κ2) is 5.53. The molecule has 3 N–H and O–H groups in total. The zero-order chi connectivity index (χ0) is 15.6. The Hall–Kier alpha value is -2.41. The van der Waals surface area contributed by atoms with Crippen molar-refractivity contribution in [1.29, 1.82) is 0 Å². The van der Waals surface area contributed by atoms with E-state index in [1.807, 2.05) is 0 Å². The highest BCUT2D eigenvalue weighted by atomic mass is 19.1. The fraction of sp³-hybridized carbons (Fsp3) is 0.286. The number of benzene rings is 1. The molecular weight excluding hydrogens is 277 g/mol. The smallest absolute Gasteiger partial charge is 0.220 e. The van der Waals surface area contributed by atoms with Crippen molar-refractivity contribution in [2.24, 2.45) is 0 Å². The molecule has 0 spiro atoms. The van der Waals surface area contributed by atoms with Crippen LogP contribution in [0, 0.1) is 5.82 Å². The SMILES string of the molecule is COc1cc(OC)nc(C(C)(O)c2ccc(F)cc2N)n1. The van der Waals surface area contributed by atoms with E-state index in [1.54, 1.807) is 0 Å². The van der Waals surface area contributed by atoms with Gasteiger partial charge in [-0.3, -0.25) is 0 Å². The van der Waals surface area contributed by atoms with Crippen LogP contribution in [0.5, 0.6) is 11.8 Å². The molecule has 0 saturated heterocycles. The molecule has 7 heteroatoms. The predicted octanol–water partition coefficient (Wildman–Crippen LogP) is 1.47. The van der Waals surface area contributed by atoms with Gasteiger partial charge in [-0.2, -0.15) is 9.97 Å².